The summed E-state index contributed by atoms with van der Waals surface area (Å²) in [5.41, 5.74) is 4.26. The number of amides is 2. The smallest absolute Gasteiger partial charge is 0.254 e. The number of carbonyl (C=O) groups is 2. The second-order valence-electron chi connectivity index (χ2n) is 8.39. The molecule has 3 aromatic rings. The molecule has 0 aromatic heterocycles. The molecule has 0 unspecified atom stereocenters. The first kappa shape index (κ1) is 24.6. The van der Waals surface area contributed by atoms with Crippen molar-refractivity contribution in [1.82, 2.24) is 5.32 Å². The van der Waals surface area contributed by atoms with Crippen LogP contribution in [0.1, 0.15) is 25.3 Å². The molecule has 0 spiro atoms. The molecule has 0 saturated carbocycles. The van der Waals surface area contributed by atoms with Crippen molar-refractivity contribution in [2.45, 2.75) is 19.8 Å². The third kappa shape index (κ3) is 5.10. The Hall–Kier alpha value is -4.52. The van der Waals surface area contributed by atoms with Gasteiger partial charge in [0.2, 0.25) is 0 Å². The van der Waals surface area contributed by atoms with Crippen LogP contribution in [0, 0.1) is 0 Å². The summed E-state index contributed by atoms with van der Waals surface area (Å²) in [6, 6.07) is 23.9. The number of hydrogen-bond acceptors (Lipinski definition) is 5. The normalized spacial score (nSPS) is 13.7. The zero-order chi connectivity index (χ0) is 25.7. The Morgan fingerprint density at radius 2 is 1.17 bits per heavy atom. The first-order valence-electron chi connectivity index (χ1n) is 11.6. The molecule has 1 aliphatic rings. The van der Waals surface area contributed by atoms with Crippen LogP contribution in [0.2, 0.25) is 0 Å². The molecule has 7 nitrogen and oxygen atoms in total. The molecule has 0 bridgehead atoms. The van der Waals surface area contributed by atoms with Crippen molar-refractivity contribution in [2.75, 3.05) is 24.9 Å². The van der Waals surface area contributed by atoms with Crippen molar-refractivity contribution < 1.29 is 19.1 Å². The van der Waals surface area contributed by atoms with Gasteiger partial charge in [-0.1, -0.05) is 42.5 Å². The minimum atomic E-state index is -0.654. The Morgan fingerprint density at radius 1 is 0.694 bits per heavy atom. The van der Waals surface area contributed by atoms with Gasteiger partial charge >= 0.3 is 0 Å². The summed E-state index contributed by atoms with van der Waals surface area (Å²) in [4.78, 5) is 27.3. The van der Waals surface area contributed by atoms with E-state index in [-0.39, 0.29) is 11.8 Å². The number of methoxy groups -OCH3 is 2. The molecule has 4 rings (SSSR count). The quantitative estimate of drug-likeness (QED) is 0.429. The van der Waals surface area contributed by atoms with Crippen molar-refractivity contribution in [3.8, 4) is 11.5 Å². The van der Waals surface area contributed by atoms with Crippen molar-refractivity contribution >= 4 is 23.2 Å². The highest BCUT2D eigenvalue weighted by atomic mass is 16.5. The summed E-state index contributed by atoms with van der Waals surface area (Å²) >= 11 is 0. The van der Waals surface area contributed by atoms with Gasteiger partial charge < -0.3 is 25.4 Å². The first-order chi connectivity index (χ1) is 17.4. The fraction of sp³-hybridized carbons (Fsp3) is 0.172. The number of rotatable bonds is 7. The van der Waals surface area contributed by atoms with E-state index in [0.717, 1.165) is 5.56 Å². The number of nitrogens with one attached hydrogen (secondary N) is 3. The lowest BCUT2D eigenvalue weighted by Gasteiger charge is -2.31. The molecule has 1 heterocycles. The Labute approximate surface area is 210 Å². The lowest BCUT2D eigenvalue weighted by atomic mass is 9.79. The Bertz CT molecular complexity index is 1260. The van der Waals surface area contributed by atoms with Gasteiger partial charge in [0.25, 0.3) is 11.8 Å². The highest BCUT2D eigenvalue weighted by Crippen LogP contribution is 2.42. The summed E-state index contributed by atoms with van der Waals surface area (Å²) in [5.74, 6) is -0.192. The average Bonchev–Trinajstić information content (AvgIpc) is 2.88. The van der Waals surface area contributed by atoms with Gasteiger partial charge in [0, 0.05) is 39.8 Å². The van der Waals surface area contributed by atoms with E-state index in [4.69, 9.17) is 9.47 Å². The molecule has 3 N–H and O–H groups in total. The maximum Gasteiger partial charge on any atom is 0.254 e. The molecule has 2 amide bonds. The van der Waals surface area contributed by atoms with Crippen LogP contribution in [0.3, 0.4) is 0 Å². The number of carbonyl (C=O) groups excluding carboxylic acids is 2. The lowest BCUT2D eigenvalue weighted by Crippen LogP contribution is -2.35. The maximum absolute atomic E-state index is 13.7. The number of allylic oxidation sites excluding steroid dienone is 2. The van der Waals surface area contributed by atoms with Crippen molar-refractivity contribution in [3.63, 3.8) is 0 Å². The molecule has 3 aromatic carbocycles. The van der Waals surface area contributed by atoms with Crippen LogP contribution in [0.5, 0.6) is 11.5 Å². The van der Waals surface area contributed by atoms with Crippen LogP contribution in [0.4, 0.5) is 11.4 Å². The number of para-hydroxylation sites is 2. The van der Waals surface area contributed by atoms with Gasteiger partial charge in [0.05, 0.1) is 14.2 Å². The van der Waals surface area contributed by atoms with Crippen molar-refractivity contribution in [1.29, 1.82) is 0 Å². The summed E-state index contributed by atoms with van der Waals surface area (Å²) in [5, 5.41) is 9.19. The monoisotopic (exact) mass is 483 g/mol. The first-order valence-corrected chi connectivity index (χ1v) is 11.6. The van der Waals surface area contributed by atoms with Crippen LogP contribution < -0.4 is 25.4 Å². The minimum Gasteiger partial charge on any atom is -0.493 e. The minimum absolute atomic E-state index is 0.302. The van der Waals surface area contributed by atoms with E-state index in [9.17, 15) is 9.59 Å². The summed E-state index contributed by atoms with van der Waals surface area (Å²) < 4.78 is 10.9. The van der Waals surface area contributed by atoms with Gasteiger partial charge in [-0.15, -0.1) is 0 Å². The molecular formula is C29H29N3O4. The average molecular weight is 484 g/mol. The molecule has 7 heteroatoms. The number of dihydropyridines is 1. The topological polar surface area (TPSA) is 88.7 Å². The molecular weight excluding hydrogens is 454 g/mol. The van der Waals surface area contributed by atoms with Gasteiger partial charge in [-0.2, -0.15) is 0 Å². The lowest BCUT2D eigenvalue weighted by molar-refractivity contribution is -0.113. The molecule has 1 aliphatic heterocycles. The highest BCUT2D eigenvalue weighted by Gasteiger charge is 2.37. The molecule has 0 aliphatic carbocycles. The van der Waals surface area contributed by atoms with Crippen LogP contribution in [-0.4, -0.2) is 26.0 Å². The van der Waals surface area contributed by atoms with Gasteiger partial charge in [-0.05, 0) is 55.8 Å². The zero-order valence-electron chi connectivity index (χ0n) is 20.7. The van der Waals surface area contributed by atoms with E-state index in [1.165, 1.54) is 0 Å². The van der Waals surface area contributed by atoms with E-state index < -0.39 is 5.92 Å². The molecule has 36 heavy (non-hydrogen) atoms. The van der Waals surface area contributed by atoms with Crippen LogP contribution >= 0.6 is 0 Å². The second-order valence-corrected chi connectivity index (χ2v) is 8.39. The fourth-order valence-corrected chi connectivity index (χ4v) is 4.40. The largest absolute Gasteiger partial charge is 0.493 e. The van der Waals surface area contributed by atoms with Crippen molar-refractivity contribution in [3.05, 3.63) is 107 Å². The van der Waals surface area contributed by atoms with E-state index >= 15 is 0 Å². The standard InChI is InChI=1S/C29H29N3O4/c1-18-25(28(33)31-21-11-7-5-8-12-21)27(20-15-16-23(35-3)24(17-20)36-4)26(19(2)30-18)29(34)32-22-13-9-6-10-14-22/h5-17,27,30H,1-4H3,(H,31,33)(H,32,34). The van der Waals surface area contributed by atoms with Gasteiger partial charge in [0.1, 0.15) is 0 Å². The molecule has 0 radical (unpaired) electrons. The van der Waals surface area contributed by atoms with Gasteiger partial charge in [-0.25, -0.2) is 0 Å². The summed E-state index contributed by atoms with van der Waals surface area (Å²) in [6.07, 6.45) is 0. The third-order valence-corrected chi connectivity index (χ3v) is 6.05. The SMILES string of the molecule is COc1ccc(C2C(C(=O)Nc3ccccc3)=C(C)NC(C)=C2C(=O)Nc2ccccc2)cc1OC. The maximum atomic E-state index is 13.7. The van der Waals surface area contributed by atoms with Crippen LogP contribution in [0.15, 0.2) is 101 Å². The van der Waals surface area contributed by atoms with Gasteiger partial charge in [0.15, 0.2) is 11.5 Å². The molecule has 0 fully saturated rings. The van der Waals surface area contributed by atoms with Gasteiger partial charge in [-0.3, -0.25) is 9.59 Å². The zero-order valence-corrected chi connectivity index (χ0v) is 20.7. The van der Waals surface area contributed by atoms with E-state index in [1.54, 1.807) is 26.4 Å². The number of anilines is 2. The number of benzene rings is 3. The number of hydrogen-bond donors (Lipinski definition) is 3. The van der Waals surface area contributed by atoms with Crippen molar-refractivity contribution in [2.24, 2.45) is 0 Å². The Kier molecular flexibility index (Phi) is 7.39. The van der Waals surface area contributed by atoms with Crippen LogP contribution in [0.25, 0.3) is 0 Å². The second kappa shape index (κ2) is 10.8. The number of ether oxygens (including phenoxy) is 2. The predicted molar refractivity (Wildman–Crippen MR) is 141 cm³/mol. The summed E-state index contributed by atoms with van der Waals surface area (Å²) in [6.45, 7) is 3.67. The highest BCUT2D eigenvalue weighted by molar-refractivity contribution is 6.11. The third-order valence-electron chi connectivity index (χ3n) is 6.05. The predicted octanol–water partition coefficient (Wildman–Crippen LogP) is 5.22. The molecule has 0 saturated heterocycles. The Morgan fingerprint density at radius 3 is 1.61 bits per heavy atom. The molecule has 184 valence electrons. The summed E-state index contributed by atoms with van der Waals surface area (Å²) in [7, 11) is 3.12. The van der Waals surface area contributed by atoms with Crippen LogP contribution in [-0.2, 0) is 9.59 Å². The van der Waals surface area contributed by atoms with E-state index in [0.29, 0.717) is 45.4 Å². The Balaban J connectivity index is 1.81. The van der Waals surface area contributed by atoms with E-state index in [1.807, 2.05) is 80.6 Å². The van der Waals surface area contributed by atoms with E-state index in [2.05, 4.69) is 16.0 Å². The fourth-order valence-electron chi connectivity index (χ4n) is 4.40. The molecule has 0 atom stereocenters.